The summed E-state index contributed by atoms with van der Waals surface area (Å²) in [5.41, 5.74) is -0.877. The Hall–Kier alpha value is -2.09. The average Bonchev–Trinajstić information content (AvgIpc) is 2.78. The molecule has 0 fully saturated rings. The van der Waals surface area contributed by atoms with Crippen molar-refractivity contribution in [2.75, 3.05) is 7.05 Å². The third-order valence-corrected chi connectivity index (χ3v) is 2.34. The van der Waals surface area contributed by atoms with Crippen LogP contribution in [0.15, 0.2) is 28.9 Å². The number of halogens is 4. The van der Waals surface area contributed by atoms with Crippen molar-refractivity contribution in [2.24, 2.45) is 0 Å². The van der Waals surface area contributed by atoms with Gasteiger partial charge in [0, 0.05) is 6.54 Å². The van der Waals surface area contributed by atoms with Crippen molar-refractivity contribution < 1.29 is 26.7 Å². The van der Waals surface area contributed by atoms with Crippen LogP contribution in [-0.4, -0.2) is 12.0 Å². The molecule has 1 aromatic heterocycles. The maximum absolute atomic E-state index is 13.1. The van der Waals surface area contributed by atoms with E-state index in [1.165, 1.54) is 6.26 Å². The molecule has 1 N–H and O–H groups in total. The third kappa shape index (κ3) is 3.27. The largest absolute Gasteiger partial charge is 0.419 e. The minimum absolute atomic E-state index is 0.211. The van der Waals surface area contributed by atoms with Crippen molar-refractivity contribution in [1.82, 2.24) is 10.3 Å². The Morgan fingerprint density at radius 2 is 2.10 bits per heavy atom. The van der Waals surface area contributed by atoms with Crippen LogP contribution in [0.25, 0.3) is 0 Å². The molecule has 8 heteroatoms. The highest BCUT2D eigenvalue weighted by atomic mass is 19.4. The summed E-state index contributed by atoms with van der Waals surface area (Å²) in [7, 11) is 1.70. The lowest BCUT2D eigenvalue weighted by molar-refractivity contribution is -0.140. The molecule has 0 spiro atoms. The number of alkyl halides is 3. The maximum atomic E-state index is 13.1. The van der Waals surface area contributed by atoms with E-state index in [4.69, 9.17) is 9.15 Å². The number of nitrogens with zero attached hydrogens (tertiary/aromatic N) is 1. The second kappa shape index (κ2) is 5.49. The van der Waals surface area contributed by atoms with Crippen LogP contribution in [0, 0.1) is 5.82 Å². The van der Waals surface area contributed by atoms with Gasteiger partial charge >= 0.3 is 12.3 Å². The molecule has 0 aliphatic rings. The van der Waals surface area contributed by atoms with Crippen molar-refractivity contribution in [2.45, 2.75) is 12.7 Å². The Balaban J connectivity index is 2.21. The molecule has 0 bridgehead atoms. The Bertz CT molecular complexity index is 595. The maximum Gasteiger partial charge on any atom is 0.419 e. The van der Waals surface area contributed by atoms with E-state index in [2.05, 4.69) is 10.3 Å². The minimum atomic E-state index is -4.79. The number of rotatable bonds is 4. The molecule has 0 amide bonds. The van der Waals surface area contributed by atoms with Crippen molar-refractivity contribution in [3.8, 4) is 11.8 Å². The van der Waals surface area contributed by atoms with Crippen LogP contribution < -0.4 is 10.1 Å². The van der Waals surface area contributed by atoms with Crippen molar-refractivity contribution >= 4 is 0 Å². The Morgan fingerprint density at radius 3 is 2.75 bits per heavy atom. The van der Waals surface area contributed by atoms with E-state index in [-0.39, 0.29) is 11.8 Å². The second-order valence-corrected chi connectivity index (χ2v) is 3.88. The van der Waals surface area contributed by atoms with Gasteiger partial charge in [0.1, 0.15) is 17.8 Å². The van der Waals surface area contributed by atoms with E-state index < -0.39 is 17.6 Å². The van der Waals surface area contributed by atoms with E-state index >= 15 is 0 Å². The molecule has 20 heavy (non-hydrogen) atoms. The number of hydrogen-bond acceptors (Lipinski definition) is 4. The minimum Gasteiger partial charge on any atom is -0.417 e. The molecule has 0 saturated carbocycles. The van der Waals surface area contributed by atoms with Crippen LogP contribution >= 0.6 is 0 Å². The van der Waals surface area contributed by atoms with Crippen LogP contribution in [-0.2, 0) is 12.7 Å². The van der Waals surface area contributed by atoms with Crippen molar-refractivity contribution in [3.63, 3.8) is 0 Å². The Morgan fingerprint density at radius 1 is 1.35 bits per heavy atom. The number of ether oxygens (including phenoxy) is 1. The van der Waals surface area contributed by atoms with Gasteiger partial charge in [-0.2, -0.15) is 18.2 Å². The molecule has 4 nitrogen and oxygen atoms in total. The summed E-state index contributed by atoms with van der Waals surface area (Å²) in [6, 6.07) is 2.29. The van der Waals surface area contributed by atoms with Crippen molar-refractivity contribution in [1.29, 1.82) is 0 Å². The van der Waals surface area contributed by atoms with Gasteiger partial charge in [0.25, 0.3) is 0 Å². The summed E-state index contributed by atoms with van der Waals surface area (Å²) >= 11 is 0. The number of aromatic nitrogens is 1. The number of nitrogens with one attached hydrogen (secondary N) is 1. The molecule has 0 radical (unpaired) electrons. The SMILES string of the molecule is CNCc1coc(Oc2ccc(F)c(C(F)(F)F)c2)n1. The van der Waals surface area contributed by atoms with Gasteiger partial charge < -0.3 is 14.5 Å². The number of benzene rings is 1. The van der Waals surface area contributed by atoms with E-state index in [0.717, 1.165) is 6.07 Å². The lowest BCUT2D eigenvalue weighted by Crippen LogP contribution is -2.08. The zero-order chi connectivity index (χ0) is 14.8. The molecule has 0 saturated heterocycles. The fraction of sp³-hybridized carbons (Fsp3) is 0.250. The van der Waals surface area contributed by atoms with Crippen LogP contribution in [0.5, 0.6) is 11.8 Å². The first-order valence-corrected chi connectivity index (χ1v) is 5.54. The fourth-order valence-electron chi connectivity index (χ4n) is 1.48. The standard InChI is InChI=1S/C12H10F4N2O2/c1-17-5-7-6-19-11(18-7)20-8-2-3-10(13)9(4-8)12(14,15)16/h2-4,6,17H,5H2,1H3. The molecule has 2 aromatic rings. The number of hydrogen-bond donors (Lipinski definition) is 1. The first-order valence-electron chi connectivity index (χ1n) is 5.54. The molecule has 0 aliphatic carbocycles. The van der Waals surface area contributed by atoms with Gasteiger partial charge in [0.15, 0.2) is 0 Å². The molecule has 108 valence electrons. The van der Waals surface area contributed by atoms with E-state index in [1.54, 1.807) is 7.05 Å². The van der Waals surface area contributed by atoms with E-state index in [9.17, 15) is 17.6 Å². The number of oxazole rings is 1. The highest BCUT2D eigenvalue weighted by molar-refractivity contribution is 5.33. The zero-order valence-electron chi connectivity index (χ0n) is 10.3. The molecule has 2 rings (SSSR count). The van der Waals surface area contributed by atoms with Crippen molar-refractivity contribution in [3.05, 3.63) is 41.5 Å². The quantitative estimate of drug-likeness (QED) is 0.877. The molecule has 0 atom stereocenters. The predicted octanol–water partition coefficient (Wildman–Crippen LogP) is 3.34. The molecule has 1 heterocycles. The van der Waals surface area contributed by atoms with Gasteiger partial charge in [-0.1, -0.05) is 0 Å². The van der Waals surface area contributed by atoms with Crippen LogP contribution in [0.2, 0.25) is 0 Å². The fourth-order valence-corrected chi connectivity index (χ4v) is 1.48. The summed E-state index contributed by atoms with van der Waals surface area (Å²) in [6.45, 7) is 0.421. The molecular formula is C12H10F4N2O2. The Kier molecular flexibility index (Phi) is 3.93. The average molecular weight is 290 g/mol. The normalized spacial score (nSPS) is 11.7. The highest BCUT2D eigenvalue weighted by Crippen LogP contribution is 2.34. The van der Waals surface area contributed by atoms with Crippen LogP contribution in [0.1, 0.15) is 11.3 Å². The summed E-state index contributed by atoms with van der Waals surface area (Å²) in [4.78, 5) is 3.88. The molecule has 1 aromatic carbocycles. The molecular weight excluding hydrogens is 280 g/mol. The van der Waals surface area contributed by atoms with Crippen LogP contribution in [0.4, 0.5) is 17.6 Å². The van der Waals surface area contributed by atoms with Gasteiger partial charge in [-0.3, -0.25) is 0 Å². The second-order valence-electron chi connectivity index (χ2n) is 3.88. The summed E-state index contributed by atoms with van der Waals surface area (Å²) in [5.74, 6) is -1.58. The third-order valence-electron chi connectivity index (χ3n) is 2.34. The lowest BCUT2D eigenvalue weighted by Gasteiger charge is -2.09. The Labute approximate surface area is 111 Å². The van der Waals surface area contributed by atoms with Gasteiger partial charge in [-0.25, -0.2) is 4.39 Å². The predicted molar refractivity (Wildman–Crippen MR) is 60.7 cm³/mol. The highest BCUT2D eigenvalue weighted by Gasteiger charge is 2.34. The first kappa shape index (κ1) is 14.3. The van der Waals surface area contributed by atoms with E-state index in [0.29, 0.717) is 24.4 Å². The molecule has 0 aliphatic heterocycles. The zero-order valence-corrected chi connectivity index (χ0v) is 10.3. The van der Waals surface area contributed by atoms with Gasteiger partial charge in [0.05, 0.1) is 11.3 Å². The first-order chi connectivity index (χ1) is 9.40. The summed E-state index contributed by atoms with van der Waals surface area (Å²) in [6.07, 6.45) is -3.70. The summed E-state index contributed by atoms with van der Waals surface area (Å²) in [5, 5.41) is 2.82. The molecule has 0 unspecified atom stereocenters. The topological polar surface area (TPSA) is 47.3 Å². The van der Waals surface area contributed by atoms with Gasteiger partial charge in [-0.15, -0.1) is 0 Å². The smallest absolute Gasteiger partial charge is 0.417 e. The monoisotopic (exact) mass is 290 g/mol. The van der Waals surface area contributed by atoms with Gasteiger partial charge in [0.2, 0.25) is 0 Å². The lowest BCUT2D eigenvalue weighted by atomic mass is 10.2. The van der Waals surface area contributed by atoms with Gasteiger partial charge in [-0.05, 0) is 25.2 Å². The van der Waals surface area contributed by atoms with Crippen LogP contribution in [0.3, 0.4) is 0 Å². The van der Waals surface area contributed by atoms with E-state index in [1.807, 2.05) is 0 Å². The summed E-state index contributed by atoms with van der Waals surface area (Å²) < 4.78 is 60.6.